The highest BCUT2D eigenvalue weighted by Gasteiger charge is 2.10. The summed E-state index contributed by atoms with van der Waals surface area (Å²) in [6, 6.07) is 4.04. The van der Waals surface area contributed by atoms with Crippen molar-refractivity contribution >= 4 is 17.6 Å². The van der Waals surface area contributed by atoms with E-state index < -0.39 is 5.82 Å². The Kier molecular flexibility index (Phi) is 3.73. The Hall–Kier alpha value is -2.15. The monoisotopic (exact) mass is 264 g/mol. The van der Waals surface area contributed by atoms with Gasteiger partial charge in [0.05, 0.1) is 6.20 Å². The molecule has 5 nitrogen and oxygen atoms in total. The van der Waals surface area contributed by atoms with Crippen LogP contribution < -0.4 is 5.73 Å². The lowest BCUT2D eigenvalue weighted by Gasteiger charge is -2.07. The lowest BCUT2D eigenvalue weighted by atomic mass is 10.2. The lowest BCUT2D eigenvalue weighted by molar-refractivity contribution is 0.318. The van der Waals surface area contributed by atoms with E-state index >= 15 is 0 Å². The molecule has 1 aromatic carbocycles. The Morgan fingerprint density at radius 3 is 2.89 bits per heavy atom. The molecule has 0 aliphatic rings. The summed E-state index contributed by atoms with van der Waals surface area (Å²) in [5.41, 5.74) is 5.81. The van der Waals surface area contributed by atoms with Crippen LogP contribution in [0.3, 0.4) is 0 Å². The Bertz CT molecular complexity index is 577. The van der Waals surface area contributed by atoms with Crippen LogP contribution in [-0.2, 0) is 0 Å². The third kappa shape index (κ3) is 2.75. The van der Waals surface area contributed by atoms with E-state index in [1.165, 1.54) is 23.9 Å². The largest absolute Gasteiger partial charge is 0.409 e. The molecule has 0 saturated carbocycles. The fraction of sp³-hybridized carbons (Fsp3) is 0. The lowest BCUT2D eigenvalue weighted by Crippen LogP contribution is -2.14. The Morgan fingerprint density at radius 2 is 2.22 bits per heavy atom. The number of nitrogens with two attached hydrogens (primary N) is 1. The fourth-order valence-electron chi connectivity index (χ4n) is 1.30. The van der Waals surface area contributed by atoms with Crippen LogP contribution in [0.4, 0.5) is 4.39 Å². The highest BCUT2D eigenvalue weighted by atomic mass is 32.2. The molecule has 0 radical (unpaired) electrons. The maximum atomic E-state index is 13.2. The summed E-state index contributed by atoms with van der Waals surface area (Å²) >= 11 is 1.25. The number of hydrogen-bond acceptors (Lipinski definition) is 5. The van der Waals surface area contributed by atoms with Crippen molar-refractivity contribution in [2.45, 2.75) is 9.92 Å². The number of oxime groups is 1. The molecule has 0 saturated heterocycles. The summed E-state index contributed by atoms with van der Waals surface area (Å²) in [5.74, 6) is -0.610. The predicted molar refractivity (Wildman–Crippen MR) is 65.1 cm³/mol. The van der Waals surface area contributed by atoms with Gasteiger partial charge in [-0.2, -0.15) is 0 Å². The predicted octanol–water partition coefficient (Wildman–Crippen LogP) is 1.86. The van der Waals surface area contributed by atoms with Crippen molar-refractivity contribution in [2.75, 3.05) is 0 Å². The highest BCUT2D eigenvalue weighted by molar-refractivity contribution is 7.99. The first kappa shape index (κ1) is 12.3. The van der Waals surface area contributed by atoms with E-state index in [2.05, 4.69) is 15.1 Å². The molecule has 0 spiro atoms. The smallest absolute Gasteiger partial charge is 0.171 e. The third-order valence-corrected chi connectivity index (χ3v) is 3.08. The van der Waals surface area contributed by atoms with Crippen LogP contribution in [0, 0.1) is 5.82 Å². The van der Waals surface area contributed by atoms with Gasteiger partial charge in [-0.1, -0.05) is 16.9 Å². The first-order valence-corrected chi connectivity index (χ1v) is 5.73. The van der Waals surface area contributed by atoms with Crippen molar-refractivity contribution in [1.29, 1.82) is 0 Å². The molecule has 0 bridgehead atoms. The van der Waals surface area contributed by atoms with Gasteiger partial charge in [0, 0.05) is 22.9 Å². The van der Waals surface area contributed by atoms with Crippen molar-refractivity contribution in [3.8, 4) is 0 Å². The van der Waals surface area contributed by atoms with Gasteiger partial charge in [0.15, 0.2) is 5.84 Å². The number of nitrogens with zero attached hydrogens (tertiary/aromatic N) is 3. The Labute approximate surface area is 107 Å². The zero-order chi connectivity index (χ0) is 13.0. The number of amidine groups is 1. The van der Waals surface area contributed by atoms with Crippen LogP contribution in [0.15, 0.2) is 51.9 Å². The first-order chi connectivity index (χ1) is 8.70. The maximum absolute atomic E-state index is 13.2. The second-order valence-electron chi connectivity index (χ2n) is 3.27. The molecule has 0 amide bonds. The summed E-state index contributed by atoms with van der Waals surface area (Å²) in [7, 11) is 0. The minimum absolute atomic E-state index is 0.152. The molecular weight excluding hydrogens is 255 g/mol. The van der Waals surface area contributed by atoms with Crippen LogP contribution in [0.2, 0.25) is 0 Å². The Morgan fingerprint density at radius 1 is 1.39 bits per heavy atom. The van der Waals surface area contributed by atoms with Crippen molar-refractivity contribution in [3.63, 3.8) is 0 Å². The highest BCUT2D eigenvalue weighted by Crippen LogP contribution is 2.28. The van der Waals surface area contributed by atoms with Crippen molar-refractivity contribution < 1.29 is 9.60 Å². The maximum Gasteiger partial charge on any atom is 0.171 e. The van der Waals surface area contributed by atoms with Gasteiger partial charge in [0.1, 0.15) is 10.8 Å². The fourth-order valence-corrected chi connectivity index (χ4v) is 2.16. The van der Waals surface area contributed by atoms with E-state index in [4.69, 9.17) is 10.9 Å². The molecule has 18 heavy (non-hydrogen) atoms. The molecule has 7 heteroatoms. The third-order valence-electron chi connectivity index (χ3n) is 2.08. The number of hydrogen-bond donors (Lipinski definition) is 2. The average molecular weight is 264 g/mol. The number of halogens is 1. The van der Waals surface area contributed by atoms with E-state index in [1.807, 2.05) is 0 Å². The van der Waals surface area contributed by atoms with Crippen LogP contribution in [0.1, 0.15) is 5.56 Å². The van der Waals surface area contributed by atoms with Crippen molar-refractivity contribution in [2.24, 2.45) is 10.9 Å². The second-order valence-corrected chi connectivity index (χ2v) is 4.33. The molecule has 92 valence electrons. The molecule has 0 unspecified atom stereocenters. The van der Waals surface area contributed by atoms with E-state index in [1.54, 1.807) is 24.7 Å². The van der Waals surface area contributed by atoms with Gasteiger partial charge < -0.3 is 10.9 Å². The number of aromatic nitrogens is 2. The zero-order valence-corrected chi connectivity index (χ0v) is 9.93. The number of benzene rings is 1. The summed E-state index contributed by atoms with van der Waals surface area (Å²) in [4.78, 5) is 8.64. The van der Waals surface area contributed by atoms with E-state index in [0.717, 1.165) is 0 Å². The van der Waals surface area contributed by atoms with Crippen molar-refractivity contribution in [1.82, 2.24) is 9.97 Å². The van der Waals surface area contributed by atoms with Crippen LogP contribution in [-0.4, -0.2) is 21.0 Å². The SMILES string of the molecule is NC(=NO)c1cc(F)ccc1Sc1cnccn1. The van der Waals surface area contributed by atoms with Gasteiger partial charge in [-0.3, -0.25) is 4.98 Å². The molecular formula is C11H9FN4OS. The topological polar surface area (TPSA) is 84.4 Å². The minimum Gasteiger partial charge on any atom is -0.409 e. The standard InChI is InChI=1S/C11H9FN4OS/c12-7-1-2-9(8(5-7)11(13)16-17)18-10-6-14-3-4-15-10/h1-6,17H,(H2,13,16). The number of rotatable bonds is 3. The summed E-state index contributed by atoms with van der Waals surface area (Å²) < 4.78 is 13.2. The summed E-state index contributed by atoms with van der Waals surface area (Å²) in [6.07, 6.45) is 4.68. The first-order valence-electron chi connectivity index (χ1n) is 4.92. The van der Waals surface area contributed by atoms with E-state index in [0.29, 0.717) is 15.5 Å². The minimum atomic E-state index is -0.458. The van der Waals surface area contributed by atoms with Crippen LogP contribution >= 0.6 is 11.8 Å². The summed E-state index contributed by atoms with van der Waals surface area (Å²) in [5, 5.41) is 12.2. The second kappa shape index (κ2) is 5.46. The quantitative estimate of drug-likeness (QED) is 0.382. The van der Waals surface area contributed by atoms with Gasteiger partial charge in [0.25, 0.3) is 0 Å². The molecule has 0 atom stereocenters. The molecule has 2 aromatic rings. The molecule has 3 N–H and O–H groups in total. The van der Waals surface area contributed by atoms with Crippen molar-refractivity contribution in [3.05, 3.63) is 48.2 Å². The van der Waals surface area contributed by atoms with Crippen LogP contribution in [0.5, 0.6) is 0 Å². The molecule has 1 aromatic heterocycles. The van der Waals surface area contributed by atoms with E-state index in [-0.39, 0.29) is 5.84 Å². The van der Waals surface area contributed by atoms with Gasteiger partial charge in [0.2, 0.25) is 0 Å². The van der Waals surface area contributed by atoms with Gasteiger partial charge in [-0.25, -0.2) is 9.37 Å². The van der Waals surface area contributed by atoms with Gasteiger partial charge in [-0.05, 0) is 18.2 Å². The summed E-state index contributed by atoms with van der Waals surface area (Å²) in [6.45, 7) is 0. The average Bonchev–Trinajstić information content (AvgIpc) is 2.41. The van der Waals surface area contributed by atoms with Crippen LogP contribution in [0.25, 0.3) is 0 Å². The zero-order valence-electron chi connectivity index (χ0n) is 9.12. The van der Waals surface area contributed by atoms with Gasteiger partial charge in [-0.15, -0.1) is 0 Å². The molecule has 0 aliphatic heterocycles. The molecule has 1 heterocycles. The van der Waals surface area contributed by atoms with E-state index in [9.17, 15) is 4.39 Å². The molecule has 0 aliphatic carbocycles. The Balaban J connectivity index is 2.39. The normalized spacial score (nSPS) is 11.5. The molecule has 0 fully saturated rings. The molecule has 2 rings (SSSR count). The van der Waals surface area contributed by atoms with Gasteiger partial charge >= 0.3 is 0 Å².